The summed E-state index contributed by atoms with van der Waals surface area (Å²) in [6.07, 6.45) is -0.627. The number of likely N-dealkylation sites (N-methyl/N-ethyl adjacent to an activating group) is 1. The van der Waals surface area contributed by atoms with Crippen LogP contribution in [0.3, 0.4) is 0 Å². The molecule has 0 aliphatic rings. The molecule has 1 aromatic carbocycles. The Bertz CT molecular complexity index is 582. The van der Waals surface area contributed by atoms with Crippen LogP contribution < -0.4 is 16.0 Å². The number of benzene rings is 1. The maximum atomic E-state index is 12.1. The number of thiocarbonyl (C=S) groups is 1. The molecule has 0 unspecified atom stereocenters. The van der Waals surface area contributed by atoms with Crippen LogP contribution in [-0.2, 0) is 9.53 Å². The predicted octanol–water partition coefficient (Wildman–Crippen LogP) is 2.83. The Morgan fingerprint density at radius 2 is 1.64 bits per heavy atom. The SMILES string of the molecule is CCOC(=O)NC(=S)Nc1ccccc1NC(=O)CN(CC)CC.Cl. The number of hydrogen-bond donors (Lipinski definition) is 3. The summed E-state index contributed by atoms with van der Waals surface area (Å²) in [4.78, 5) is 25.5. The van der Waals surface area contributed by atoms with Crippen LogP contribution in [0.25, 0.3) is 0 Å². The summed E-state index contributed by atoms with van der Waals surface area (Å²) in [5.41, 5.74) is 1.18. The van der Waals surface area contributed by atoms with Gasteiger partial charge in [0.05, 0.1) is 24.5 Å². The Hall–Kier alpha value is -1.90. The third kappa shape index (κ3) is 8.67. The monoisotopic (exact) mass is 388 g/mol. The molecule has 140 valence electrons. The van der Waals surface area contributed by atoms with E-state index in [2.05, 4.69) is 16.0 Å². The summed E-state index contributed by atoms with van der Waals surface area (Å²) in [5, 5.41) is 8.22. The molecule has 0 spiro atoms. The minimum atomic E-state index is -0.627. The van der Waals surface area contributed by atoms with Crippen molar-refractivity contribution < 1.29 is 14.3 Å². The van der Waals surface area contributed by atoms with E-state index in [1.54, 1.807) is 31.2 Å². The van der Waals surface area contributed by atoms with E-state index >= 15 is 0 Å². The molecular weight excluding hydrogens is 364 g/mol. The van der Waals surface area contributed by atoms with E-state index in [0.29, 0.717) is 17.9 Å². The molecule has 0 saturated carbocycles. The molecule has 2 amide bonds. The van der Waals surface area contributed by atoms with Gasteiger partial charge in [-0.15, -0.1) is 12.4 Å². The van der Waals surface area contributed by atoms with Crippen LogP contribution in [-0.4, -0.2) is 48.3 Å². The van der Waals surface area contributed by atoms with Crippen molar-refractivity contribution in [2.75, 3.05) is 36.9 Å². The second-order valence-corrected chi connectivity index (χ2v) is 5.26. The second-order valence-electron chi connectivity index (χ2n) is 4.85. The highest BCUT2D eigenvalue weighted by molar-refractivity contribution is 7.80. The van der Waals surface area contributed by atoms with Gasteiger partial charge in [-0.3, -0.25) is 15.0 Å². The standard InChI is InChI=1S/C16H24N4O3S.ClH/c1-4-20(5-2)11-14(21)17-12-9-7-8-10-13(12)18-15(24)19-16(22)23-6-3;/h7-10H,4-6,11H2,1-3H3,(H,17,21)(H2,18,19,22,24);1H. The Labute approximate surface area is 159 Å². The van der Waals surface area contributed by atoms with Gasteiger partial charge in [0.15, 0.2) is 5.11 Å². The van der Waals surface area contributed by atoms with Gasteiger partial charge in [0.2, 0.25) is 5.91 Å². The van der Waals surface area contributed by atoms with Gasteiger partial charge in [-0.2, -0.15) is 0 Å². The number of carbonyl (C=O) groups excluding carboxylic acids is 2. The number of hydrogen-bond acceptors (Lipinski definition) is 5. The van der Waals surface area contributed by atoms with E-state index in [-0.39, 0.29) is 30.0 Å². The van der Waals surface area contributed by atoms with Gasteiger partial charge in [0.1, 0.15) is 0 Å². The van der Waals surface area contributed by atoms with Crippen LogP contribution >= 0.6 is 24.6 Å². The molecular formula is C16H25ClN4O3S. The van der Waals surface area contributed by atoms with Gasteiger partial charge < -0.3 is 15.4 Å². The van der Waals surface area contributed by atoms with Crippen LogP contribution in [0.2, 0.25) is 0 Å². The molecule has 25 heavy (non-hydrogen) atoms. The first-order chi connectivity index (χ1) is 11.5. The zero-order valence-corrected chi connectivity index (χ0v) is 16.3. The third-order valence-corrected chi connectivity index (χ3v) is 3.41. The van der Waals surface area contributed by atoms with Gasteiger partial charge in [-0.05, 0) is 44.4 Å². The van der Waals surface area contributed by atoms with Gasteiger partial charge in [-0.1, -0.05) is 26.0 Å². The van der Waals surface area contributed by atoms with E-state index in [0.717, 1.165) is 13.1 Å². The number of anilines is 2. The summed E-state index contributed by atoms with van der Waals surface area (Å²) in [7, 11) is 0. The molecule has 1 aromatic rings. The van der Waals surface area contributed by atoms with Crippen LogP contribution in [0.1, 0.15) is 20.8 Å². The molecule has 1 rings (SSSR count). The number of halogens is 1. The number of para-hydroxylation sites is 2. The Kier molecular flexibility index (Phi) is 11.5. The number of nitrogens with one attached hydrogen (secondary N) is 3. The molecule has 0 saturated heterocycles. The summed E-state index contributed by atoms with van der Waals surface area (Å²) in [5.74, 6) is -0.114. The van der Waals surface area contributed by atoms with Gasteiger partial charge in [0.25, 0.3) is 0 Å². The lowest BCUT2D eigenvalue weighted by atomic mass is 10.2. The van der Waals surface area contributed by atoms with Crippen LogP contribution in [0, 0.1) is 0 Å². The first-order valence-electron chi connectivity index (χ1n) is 7.86. The highest BCUT2D eigenvalue weighted by Crippen LogP contribution is 2.20. The van der Waals surface area contributed by atoms with E-state index in [1.165, 1.54) is 0 Å². The number of carbonyl (C=O) groups is 2. The van der Waals surface area contributed by atoms with Gasteiger partial charge >= 0.3 is 6.09 Å². The molecule has 0 aliphatic carbocycles. The molecule has 3 N–H and O–H groups in total. The zero-order valence-electron chi connectivity index (χ0n) is 14.6. The van der Waals surface area contributed by atoms with Crippen molar-refractivity contribution in [1.29, 1.82) is 0 Å². The van der Waals surface area contributed by atoms with Crippen molar-refractivity contribution in [1.82, 2.24) is 10.2 Å². The molecule has 0 fully saturated rings. The summed E-state index contributed by atoms with van der Waals surface area (Å²) in [6, 6.07) is 7.12. The fraction of sp³-hybridized carbons (Fsp3) is 0.438. The molecule has 0 atom stereocenters. The number of amides is 2. The lowest BCUT2D eigenvalue weighted by Gasteiger charge is -2.18. The van der Waals surface area contributed by atoms with E-state index in [9.17, 15) is 9.59 Å². The minimum absolute atomic E-state index is 0. The smallest absolute Gasteiger partial charge is 0.413 e. The molecule has 7 nitrogen and oxygen atoms in total. The molecule has 9 heteroatoms. The maximum Gasteiger partial charge on any atom is 0.413 e. The third-order valence-electron chi connectivity index (χ3n) is 3.20. The highest BCUT2D eigenvalue weighted by atomic mass is 35.5. The average Bonchev–Trinajstić information content (AvgIpc) is 2.54. The summed E-state index contributed by atoms with van der Waals surface area (Å²) in [6.45, 7) is 7.89. The summed E-state index contributed by atoms with van der Waals surface area (Å²) >= 11 is 5.06. The topological polar surface area (TPSA) is 82.7 Å². The Balaban J connectivity index is 0.00000576. The van der Waals surface area contributed by atoms with Gasteiger partial charge in [0, 0.05) is 0 Å². The molecule has 0 aromatic heterocycles. The Morgan fingerprint density at radius 1 is 1.08 bits per heavy atom. The lowest BCUT2D eigenvalue weighted by molar-refractivity contribution is -0.117. The zero-order chi connectivity index (χ0) is 17.9. The number of nitrogens with zero attached hydrogens (tertiary/aromatic N) is 1. The highest BCUT2D eigenvalue weighted by Gasteiger charge is 2.11. The predicted molar refractivity (Wildman–Crippen MR) is 106 cm³/mol. The van der Waals surface area contributed by atoms with E-state index < -0.39 is 6.09 Å². The fourth-order valence-corrected chi connectivity index (χ4v) is 2.15. The molecule has 0 bridgehead atoms. The first kappa shape index (κ1) is 23.1. The lowest BCUT2D eigenvalue weighted by Crippen LogP contribution is -2.35. The van der Waals surface area contributed by atoms with Crippen molar-refractivity contribution >= 4 is 53.1 Å². The second kappa shape index (κ2) is 12.5. The van der Waals surface area contributed by atoms with E-state index in [4.69, 9.17) is 17.0 Å². The van der Waals surface area contributed by atoms with Crippen molar-refractivity contribution in [3.05, 3.63) is 24.3 Å². The van der Waals surface area contributed by atoms with Crippen molar-refractivity contribution in [3.8, 4) is 0 Å². The van der Waals surface area contributed by atoms with E-state index in [1.807, 2.05) is 18.7 Å². The fourth-order valence-electron chi connectivity index (χ4n) is 1.95. The van der Waals surface area contributed by atoms with Gasteiger partial charge in [-0.25, -0.2) is 4.79 Å². The van der Waals surface area contributed by atoms with Crippen LogP contribution in [0.15, 0.2) is 24.3 Å². The molecule has 0 heterocycles. The normalized spacial score (nSPS) is 9.76. The van der Waals surface area contributed by atoms with Crippen molar-refractivity contribution in [2.24, 2.45) is 0 Å². The average molecular weight is 389 g/mol. The number of ether oxygens (including phenoxy) is 1. The number of alkyl carbamates (subject to hydrolysis) is 1. The number of rotatable bonds is 7. The van der Waals surface area contributed by atoms with Crippen molar-refractivity contribution in [2.45, 2.75) is 20.8 Å². The van der Waals surface area contributed by atoms with Crippen LogP contribution in [0.4, 0.5) is 16.2 Å². The largest absolute Gasteiger partial charge is 0.450 e. The quantitative estimate of drug-likeness (QED) is 0.623. The maximum absolute atomic E-state index is 12.1. The minimum Gasteiger partial charge on any atom is -0.450 e. The molecule has 0 radical (unpaired) electrons. The Morgan fingerprint density at radius 3 is 2.16 bits per heavy atom. The summed E-state index contributed by atoms with van der Waals surface area (Å²) < 4.78 is 4.76. The first-order valence-corrected chi connectivity index (χ1v) is 8.26. The molecule has 0 aliphatic heterocycles. The van der Waals surface area contributed by atoms with Crippen LogP contribution in [0.5, 0.6) is 0 Å². The van der Waals surface area contributed by atoms with Crippen molar-refractivity contribution in [3.63, 3.8) is 0 Å².